The number of nitrogens with zero attached hydrogens (tertiary/aromatic N) is 3. The largest absolute Gasteiger partial charge is 0.308 e. The Hall–Kier alpha value is -1.16. The summed E-state index contributed by atoms with van der Waals surface area (Å²) in [4.78, 5) is 0. The van der Waals surface area contributed by atoms with Crippen molar-refractivity contribution < 1.29 is 0 Å². The van der Waals surface area contributed by atoms with Gasteiger partial charge in [0.1, 0.15) is 6.33 Å². The van der Waals surface area contributed by atoms with Gasteiger partial charge in [-0.15, -0.1) is 10.2 Å². The van der Waals surface area contributed by atoms with Crippen LogP contribution in [0, 0.1) is 6.92 Å². The van der Waals surface area contributed by atoms with Crippen molar-refractivity contribution in [3.8, 4) is 11.4 Å². The van der Waals surface area contributed by atoms with Crippen LogP contribution in [0.5, 0.6) is 0 Å². The predicted molar refractivity (Wildman–Crippen MR) is 72.9 cm³/mol. The second-order valence-corrected chi connectivity index (χ2v) is 6.03. The molecule has 0 saturated carbocycles. The molecule has 1 aromatic heterocycles. The maximum atomic E-state index is 4.24. The first-order chi connectivity index (χ1) is 7.89. The molecule has 0 saturated heterocycles. The minimum absolute atomic E-state index is 0.0258. The molecule has 0 atom stereocenters. The zero-order valence-electron chi connectivity index (χ0n) is 10.5. The first-order valence-corrected chi connectivity index (χ1v) is 6.36. The van der Waals surface area contributed by atoms with Gasteiger partial charge in [-0.3, -0.25) is 0 Å². The number of hydrogen-bond donors (Lipinski definition) is 0. The molecular formula is C13H16BrN3. The van der Waals surface area contributed by atoms with E-state index in [1.54, 1.807) is 6.33 Å². The van der Waals surface area contributed by atoms with Crippen LogP contribution in [0.1, 0.15) is 26.3 Å². The molecule has 0 radical (unpaired) electrons. The first kappa shape index (κ1) is 12.3. The normalized spacial score (nSPS) is 11.8. The molecule has 3 nitrogen and oxygen atoms in total. The fraction of sp³-hybridized carbons (Fsp3) is 0.385. The summed E-state index contributed by atoms with van der Waals surface area (Å²) in [6.07, 6.45) is 1.78. The summed E-state index contributed by atoms with van der Waals surface area (Å²) in [7, 11) is 0. The van der Waals surface area contributed by atoms with Crippen LogP contribution in [0.3, 0.4) is 0 Å². The Morgan fingerprint density at radius 1 is 1.24 bits per heavy atom. The SMILES string of the molecule is Cc1ccc(Br)c(-c2nncn2C(C)(C)C)c1. The molecule has 90 valence electrons. The van der Waals surface area contributed by atoms with Gasteiger partial charge in [0, 0.05) is 15.6 Å². The third-order valence-electron chi connectivity index (χ3n) is 2.63. The molecule has 17 heavy (non-hydrogen) atoms. The topological polar surface area (TPSA) is 30.7 Å². The summed E-state index contributed by atoms with van der Waals surface area (Å²) in [6.45, 7) is 8.50. The minimum Gasteiger partial charge on any atom is -0.308 e. The molecule has 0 aliphatic heterocycles. The van der Waals surface area contributed by atoms with Crippen molar-refractivity contribution in [1.82, 2.24) is 14.8 Å². The van der Waals surface area contributed by atoms with Crippen LogP contribution in [-0.4, -0.2) is 14.8 Å². The van der Waals surface area contributed by atoms with E-state index in [-0.39, 0.29) is 5.54 Å². The summed E-state index contributed by atoms with van der Waals surface area (Å²) in [5.41, 5.74) is 2.27. The van der Waals surface area contributed by atoms with Gasteiger partial charge >= 0.3 is 0 Å². The lowest BCUT2D eigenvalue weighted by atomic mass is 10.1. The van der Waals surface area contributed by atoms with Gasteiger partial charge in [0.15, 0.2) is 5.82 Å². The van der Waals surface area contributed by atoms with Crippen molar-refractivity contribution in [1.29, 1.82) is 0 Å². The van der Waals surface area contributed by atoms with Gasteiger partial charge in [-0.1, -0.05) is 27.6 Å². The van der Waals surface area contributed by atoms with E-state index in [9.17, 15) is 0 Å². The molecule has 0 amide bonds. The van der Waals surface area contributed by atoms with Crippen molar-refractivity contribution in [3.63, 3.8) is 0 Å². The maximum Gasteiger partial charge on any atom is 0.165 e. The number of benzene rings is 1. The zero-order valence-corrected chi connectivity index (χ0v) is 12.1. The Morgan fingerprint density at radius 2 is 1.94 bits per heavy atom. The molecule has 1 heterocycles. The molecule has 0 fully saturated rings. The lowest BCUT2D eigenvalue weighted by Crippen LogP contribution is -2.22. The van der Waals surface area contributed by atoms with E-state index in [2.05, 4.69) is 70.5 Å². The van der Waals surface area contributed by atoms with Crippen molar-refractivity contribution in [2.75, 3.05) is 0 Å². The van der Waals surface area contributed by atoms with Gasteiger partial charge in [-0.25, -0.2) is 0 Å². The highest BCUT2D eigenvalue weighted by Gasteiger charge is 2.20. The van der Waals surface area contributed by atoms with Crippen LogP contribution >= 0.6 is 15.9 Å². The van der Waals surface area contributed by atoms with E-state index >= 15 is 0 Å². The fourth-order valence-electron chi connectivity index (χ4n) is 1.72. The average Bonchev–Trinajstić information content (AvgIpc) is 2.69. The van der Waals surface area contributed by atoms with E-state index < -0.39 is 0 Å². The second-order valence-electron chi connectivity index (χ2n) is 5.18. The molecule has 2 rings (SSSR count). The van der Waals surface area contributed by atoms with Gasteiger partial charge in [-0.05, 0) is 39.8 Å². The molecule has 0 spiro atoms. The fourth-order valence-corrected chi connectivity index (χ4v) is 2.14. The van der Waals surface area contributed by atoms with Gasteiger partial charge in [0.2, 0.25) is 0 Å². The number of rotatable bonds is 1. The van der Waals surface area contributed by atoms with Crippen LogP contribution in [0.4, 0.5) is 0 Å². The standard InChI is InChI=1S/C13H16BrN3/c1-9-5-6-11(14)10(7-9)12-16-15-8-17(12)13(2,3)4/h5-8H,1-4H3. The highest BCUT2D eigenvalue weighted by molar-refractivity contribution is 9.10. The Kier molecular flexibility index (Phi) is 3.08. The van der Waals surface area contributed by atoms with Crippen molar-refractivity contribution in [3.05, 3.63) is 34.6 Å². The summed E-state index contributed by atoms with van der Waals surface area (Å²) in [5.74, 6) is 0.896. The van der Waals surface area contributed by atoms with Gasteiger partial charge < -0.3 is 4.57 Å². The van der Waals surface area contributed by atoms with Crippen LogP contribution in [0.2, 0.25) is 0 Å². The van der Waals surface area contributed by atoms with E-state index in [1.165, 1.54) is 5.56 Å². The third-order valence-corrected chi connectivity index (χ3v) is 3.32. The first-order valence-electron chi connectivity index (χ1n) is 5.56. The van der Waals surface area contributed by atoms with Gasteiger partial charge in [0.05, 0.1) is 0 Å². The van der Waals surface area contributed by atoms with Crippen molar-refractivity contribution >= 4 is 15.9 Å². The molecule has 0 aliphatic carbocycles. The Morgan fingerprint density at radius 3 is 2.59 bits per heavy atom. The quantitative estimate of drug-likeness (QED) is 0.801. The number of halogens is 1. The monoisotopic (exact) mass is 293 g/mol. The summed E-state index contributed by atoms with van der Waals surface area (Å²) < 4.78 is 3.13. The van der Waals surface area contributed by atoms with Crippen LogP contribution in [0.15, 0.2) is 29.0 Å². The highest BCUT2D eigenvalue weighted by Crippen LogP contribution is 2.30. The average molecular weight is 294 g/mol. The Balaban J connectivity index is 2.61. The molecular weight excluding hydrogens is 278 g/mol. The molecule has 0 aliphatic rings. The van der Waals surface area contributed by atoms with E-state index in [0.29, 0.717) is 0 Å². The van der Waals surface area contributed by atoms with Crippen molar-refractivity contribution in [2.45, 2.75) is 33.2 Å². The molecule has 4 heteroatoms. The number of aryl methyl sites for hydroxylation is 1. The van der Waals surface area contributed by atoms with Crippen LogP contribution in [-0.2, 0) is 5.54 Å². The third kappa shape index (κ3) is 2.41. The maximum absolute atomic E-state index is 4.24. The lowest BCUT2D eigenvalue weighted by Gasteiger charge is -2.22. The van der Waals surface area contributed by atoms with Crippen LogP contribution < -0.4 is 0 Å². The molecule has 0 bridgehead atoms. The Bertz CT molecular complexity index is 538. The number of aromatic nitrogens is 3. The molecule has 0 N–H and O–H groups in total. The van der Waals surface area contributed by atoms with E-state index in [1.807, 2.05) is 6.07 Å². The zero-order chi connectivity index (χ0) is 12.6. The summed E-state index contributed by atoms with van der Waals surface area (Å²) >= 11 is 3.57. The molecule has 2 aromatic rings. The number of hydrogen-bond acceptors (Lipinski definition) is 2. The smallest absolute Gasteiger partial charge is 0.165 e. The van der Waals surface area contributed by atoms with E-state index in [0.717, 1.165) is 15.9 Å². The van der Waals surface area contributed by atoms with Gasteiger partial charge in [-0.2, -0.15) is 0 Å². The predicted octanol–water partition coefficient (Wildman–Crippen LogP) is 3.77. The summed E-state index contributed by atoms with van der Waals surface area (Å²) in [5, 5.41) is 8.27. The van der Waals surface area contributed by atoms with E-state index in [4.69, 9.17) is 0 Å². The summed E-state index contributed by atoms with van der Waals surface area (Å²) in [6, 6.07) is 6.24. The van der Waals surface area contributed by atoms with Crippen molar-refractivity contribution in [2.24, 2.45) is 0 Å². The molecule has 0 unspecified atom stereocenters. The minimum atomic E-state index is -0.0258. The molecule has 1 aromatic carbocycles. The van der Waals surface area contributed by atoms with Crippen LogP contribution in [0.25, 0.3) is 11.4 Å². The highest BCUT2D eigenvalue weighted by atomic mass is 79.9. The van der Waals surface area contributed by atoms with Gasteiger partial charge in [0.25, 0.3) is 0 Å². The second kappa shape index (κ2) is 4.26. The lowest BCUT2D eigenvalue weighted by molar-refractivity contribution is 0.399. The Labute approximate surface area is 110 Å².